The van der Waals surface area contributed by atoms with E-state index in [0.29, 0.717) is 12.5 Å². The summed E-state index contributed by atoms with van der Waals surface area (Å²) < 4.78 is 12.2. The molecule has 1 spiro atoms. The molecule has 0 unspecified atom stereocenters. The summed E-state index contributed by atoms with van der Waals surface area (Å²) in [5, 5.41) is 11.7. The predicted octanol–water partition coefficient (Wildman–Crippen LogP) is 1.90. The number of nitrogens with one attached hydrogen (secondary N) is 1. The summed E-state index contributed by atoms with van der Waals surface area (Å²) in [7, 11) is 0. The molecule has 0 radical (unpaired) electrons. The molecular weight excluding hydrogens is 342 g/mol. The first-order valence-corrected chi connectivity index (χ1v) is 9.58. The maximum atomic E-state index is 6.29. The number of nitrogens with zero attached hydrogens (tertiary/aromatic N) is 4. The molecule has 2 aliphatic rings. The van der Waals surface area contributed by atoms with Gasteiger partial charge in [0.1, 0.15) is 11.4 Å². The van der Waals surface area contributed by atoms with E-state index in [1.807, 2.05) is 37.5 Å². The summed E-state index contributed by atoms with van der Waals surface area (Å²) in [6.45, 7) is 7.62. The van der Waals surface area contributed by atoms with Crippen LogP contribution in [0.2, 0.25) is 0 Å². The number of hydrogen-bond acceptors (Lipinski definition) is 7. The average molecular weight is 369 g/mol. The first-order chi connectivity index (χ1) is 13.2. The van der Waals surface area contributed by atoms with Crippen LogP contribution in [0.5, 0.6) is 0 Å². The second-order valence-electron chi connectivity index (χ2n) is 7.63. The normalized spacial score (nSPS) is 26.2. The minimum atomic E-state index is -0.218. The van der Waals surface area contributed by atoms with E-state index in [4.69, 9.17) is 9.47 Å². The fourth-order valence-electron chi connectivity index (χ4n) is 3.89. The zero-order chi connectivity index (χ0) is 18.5. The van der Waals surface area contributed by atoms with Crippen molar-refractivity contribution in [1.29, 1.82) is 0 Å². The molecule has 0 bridgehead atoms. The van der Waals surface area contributed by atoms with Crippen molar-refractivity contribution in [3.8, 4) is 0 Å². The van der Waals surface area contributed by atoms with Crippen molar-refractivity contribution in [3.05, 3.63) is 47.9 Å². The lowest BCUT2D eigenvalue weighted by Crippen LogP contribution is -2.43. The van der Waals surface area contributed by atoms with Gasteiger partial charge in [-0.3, -0.25) is 9.88 Å². The lowest BCUT2D eigenvalue weighted by molar-refractivity contribution is -0.0562. The Balaban J connectivity index is 1.34. The molecule has 2 aromatic heterocycles. The molecule has 4 heterocycles. The van der Waals surface area contributed by atoms with Crippen LogP contribution in [0.3, 0.4) is 0 Å². The largest absolute Gasteiger partial charge is 0.377 e. The van der Waals surface area contributed by atoms with Crippen molar-refractivity contribution < 1.29 is 9.47 Å². The van der Waals surface area contributed by atoms with Crippen LogP contribution in [-0.2, 0) is 16.0 Å². The minimum Gasteiger partial charge on any atom is -0.377 e. The van der Waals surface area contributed by atoms with Crippen molar-refractivity contribution >= 4 is 5.82 Å². The Morgan fingerprint density at radius 3 is 3.07 bits per heavy atom. The summed E-state index contributed by atoms with van der Waals surface area (Å²) in [5.41, 5.74) is 1.93. The smallest absolute Gasteiger partial charge is 0.148 e. The lowest BCUT2D eigenvalue weighted by Gasteiger charge is -2.31. The van der Waals surface area contributed by atoms with Crippen LogP contribution in [0.25, 0.3) is 0 Å². The summed E-state index contributed by atoms with van der Waals surface area (Å²) in [6.07, 6.45) is 4.73. The fourth-order valence-corrected chi connectivity index (χ4v) is 3.89. The van der Waals surface area contributed by atoms with Crippen LogP contribution < -0.4 is 5.32 Å². The van der Waals surface area contributed by atoms with E-state index >= 15 is 0 Å². The SMILES string of the molecule is Cc1ccc(NC[C@@H]2CO[C@@]3(COCCN(Cc4cccnc4)C3)C2)nn1. The summed E-state index contributed by atoms with van der Waals surface area (Å²) in [6, 6.07) is 8.05. The maximum Gasteiger partial charge on any atom is 0.148 e. The predicted molar refractivity (Wildman–Crippen MR) is 102 cm³/mol. The molecule has 27 heavy (non-hydrogen) atoms. The van der Waals surface area contributed by atoms with Gasteiger partial charge in [0.25, 0.3) is 0 Å². The number of anilines is 1. The van der Waals surface area contributed by atoms with Crippen LogP contribution in [0.1, 0.15) is 17.7 Å². The van der Waals surface area contributed by atoms with Gasteiger partial charge in [-0.1, -0.05) is 6.07 Å². The van der Waals surface area contributed by atoms with E-state index in [1.54, 1.807) is 0 Å². The molecule has 7 nitrogen and oxygen atoms in total. The van der Waals surface area contributed by atoms with Crippen LogP contribution in [-0.4, -0.2) is 65.1 Å². The molecule has 2 saturated heterocycles. The summed E-state index contributed by atoms with van der Waals surface area (Å²) in [4.78, 5) is 6.65. The van der Waals surface area contributed by atoms with Gasteiger partial charge in [0.2, 0.25) is 0 Å². The molecule has 144 valence electrons. The van der Waals surface area contributed by atoms with Gasteiger partial charge in [0.05, 0.1) is 25.5 Å². The standard InChI is InChI=1S/C20H27N5O2/c1-16-4-5-19(24-23-16)22-11-18-9-20(27-13-18)14-25(7-8-26-15-20)12-17-3-2-6-21-10-17/h2-6,10,18H,7-9,11-15H2,1H3,(H,22,24)/t18-,20+/m1/s1. The molecule has 2 atom stereocenters. The Hall–Kier alpha value is -2.09. The van der Waals surface area contributed by atoms with Crippen molar-refractivity contribution in [1.82, 2.24) is 20.1 Å². The maximum absolute atomic E-state index is 6.29. The summed E-state index contributed by atoms with van der Waals surface area (Å²) in [5.74, 6) is 1.26. The van der Waals surface area contributed by atoms with Gasteiger partial charge in [-0.05, 0) is 37.1 Å². The average Bonchev–Trinajstić information content (AvgIpc) is 2.97. The number of hydrogen-bond donors (Lipinski definition) is 1. The minimum absolute atomic E-state index is 0.218. The molecule has 4 rings (SSSR count). The van der Waals surface area contributed by atoms with Crippen LogP contribution in [0.4, 0.5) is 5.82 Å². The Bertz CT molecular complexity index is 727. The topological polar surface area (TPSA) is 72.4 Å². The number of rotatable bonds is 5. The van der Waals surface area contributed by atoms with Crippen LogP contribution in [0, 0.1) is 12.8 Å². The number of aryl methyl sites for hydroxylation is 1. The van der Waals surface area contributed by atoms with E-state index in [1.165, 1.54) is 5.56 Å². The molecule has 2 aliphatic heterocycles. The Morgan fingerprint density at radius 1 is 1.30 bits per heavy atom. The monoisotopic (exact) mass is 369 g/mol. The third-order valence-electron chi connectivity index (χ3n) is 5.21. The van der Waals surface area contributed by atoms with Crippen LogP contribution >= 0.6 is 0 Å². The van der Waals surface area contributed by atoms with E-state index in [0.717, 1.165) is 57.3 Å². The highest BCUT2D eigenvalue weighted by atomic mass is 16.5. The zero-order valence-electron chi connectivity index (χ0n) is 15.8. The van der Waals surface area contributed by atoms with Gasteiger partial charge in [-0.2, -0.15) is 5.10 Å². The van der Waals surface area contributed by atoms with Gasteiger partial charge in [-0.15, -0.1) is 5.10 Å². The lowest BCUT2D eigenvalue weighted by atomic mass is 9.94. The van der Waals surface area contributed by atoms with Gasteiger partial charge < -0.3 is 14.8 Å². The highest BCUT2D eigenvalue weighted by molar-refractivity contribution is 5.32. The quantitative estimate of drug-likeness (QED) is 0.863. The summed E-state index contributed by atoms with van der Waals surface area (Å²) >= 11 is 0. The molecule has 0 aliphatic carbocycles. The van der Waals surface area contributed by atoms with Crippen molar-refractivity contribution in [2.45, 2.75) is 25.5 Å². The van der Waals surface area contributed by atoms with Gasteiger partial charge >= 0.3 is 0 Å². The highest BCUT2D eigenvalue weighted by Crippen LogP contribution is 2.33. The zero-order valence-corrected chi connectivity index (χ0v) is 15.8. The fraction of sp³-hybridized carbons (Fsp3) is 0.550. The third-order valence-corrected chi connectivity index (χ3v) is 5.21. The van der Waals surface area contributed by atoms with E-state index < -0.39 is 0 Å². The molecule has 1 N–H and O–H groups in total. The Morgan fingerprint density at radius 2 is 2.26 bits per heavy atom. The van der Waals surface area contributed by atoms with Crippen molar-refractivity contribution in [2.24, 2.45) is 5.92 Å². The Labute approximate surface area is 160 Å². The van der Waals surface area contributed by atoms with Crippen molar-refractivity contribution in [3.63, 3.8) is 0 Å². The van der Waals surface area contributed by atoms with Gasteiger partial charge in [0, 0.05) is 44.5 Å². The Kier molecular flexibility index (Phi) is 5.61. The van der Waals surface area contributed by atoms with Gasteiger partial charge in [0.15, 0.2) is 0 Å². The molecular formula is C20H27N5O2. The molecule has 2 fully saturated rings. The van der Waals surface area contributed by atoms with E-state index in [9.17, 15) is 0 Å². The van der Waals surface area contributed by atoms with Crippen LogP contribution in [0.15, 0.2) is 36.7 Å². The number of ether oxygens (including phenoxy) is 2. The van der Waals surface area contributed by atoms with E-state index in [2.05, 4.69) is 31.5 Å². The van der Waals surface area contributed by atoms with Crippen molar-refractivity contribution in [2.75, 3.05) is 44.8 Å². The molecule has 0 saturated carbocycles. The number of aromatic nitrogens is 3. The second-order valence-corrected chi connectivity index (χ2v) is 7.63. The molecule has 7 heteroatoms. The molecule has 2 aromatic rings. The highest BCUT2D eigenvalue weighted by Gasteiger charge is 2.43. The third kappa shape index (κ3) is 4.80. The van der Waals surface area contributed by atoms with Gasteiger partial charge in [-0.25, -0.2) is 0 Å². The first kappa shape index (κ1) is 18.3. The molecule has 0 amide bonds. The number of pyridine rings is 1. The van der Waals surface area contributed by atoms with E-state index in [-0.39, 0.29) is 5.60 Å². The first-order valence-electron chi connectivity index (χ1n) is 9.58. The molecule has 0 aromatic carbocycles. The second kappa shape index (κ2) is 8.29.